The fourth-order valence-corrected chi connectivity index (χ4v) is 4.57. The van der Waals surface area contributed by atoms with Crippen LogP contribution < -0.4 is 5.73 Å². The number of carbonyl (C=O) groups is 2. The SMILES string of the molecule is Cc1ccc(-c2c(CN)c(CC(C)C)nc(C)c2C(=O)OCC2C=CC=CC2CC(=O)Cl)cc1. The summed E-state index contributed by atoms with van der Waals surface area (Å²) in [5, 5.41) is -0.406. The van der Waals surface area contributed by atoms with Crippen molar-refractivity contribution in [2.75, 3.05) is 6.61 Å². The summed E-state index contributed by atoms with van der Waals surface area (Å²) in [5.74, 6) is -0.271. The molecule has 1 aliphatic carbocycles. The molecule has 0 aliphatic heterocycles. The van der Waals surface area contributed by atoms with Gasteiger partial charge in [0.25, 0.3) is 0 Å². The Morgan fingerprint density at radius 3 is 2.32 bits per heavy atom. The number of nitrogens with two attached hydrogens (primary N) is 1. The van der Waals surface area contributed by atoms with Crippen molar-refractivity contribution in [3.05, 3.63) is 76.6 Å². The summed E-state index contributed by atoms with van der Waals surface area (Å²) >= 11 is 5.61. The number of hydrogen-bond donors (Lipinski definition) is 1. The van der Waals surface area contributed by atoms with Crippen LogP contribution in [0.1, 0.15) is 53.1 Å². The Balaban J connectivity index is 2.00. The first kappa shape index (κ1) is 25.9. The van der Waals surface area contributed by atoms with Gasteiger partial charge in [-0.1, -0.05) is 68.0 Å². The molecule has 2 atom stereocenters. The summed E-state index contributed by atoms with van der Waals surface area (Å²) in [5.41, 5.74) is 11.9. The number of allylic oxidation sites excluding steroid dienone is 3. The number of aryl methyl sites for hydroxylation is 2. The van der Waals surface area contributed by atoms with Crippen molar-refractivity contribution in [1.82, 2.24) is 4.98 Å². The Bertz CT molecular complexity index is 1100. The molecule has 3 rings (SSSR count). The van der Waals surface area contributed by atoms with Crippen LogP contribution in [0.5, 0.6) is 0 Å². The fourth-order valence-electron chi connectivity index (χ4n) is 4.39. The second-order valence-corrected chi connectivity index (χ2v) is 9.72. The second kappa shape index (κ2) is 11.6. The van der Waals surface area contributed by atoms with Gasteiger partial charge in [0.05, 0.1) is 17.9 Å². The summed E-state index contributed by atoms with van der Waals surface area (Å²) in [4.78, 5) is 29.7. The van der Waals surface area contributed by atoms with Crippen molar-refractivity contribution >= 4 is 22.8 Å². The Morgan fingerprint density at radius 1 is 1.09 bits per heavy atom. The molecule has 0 fully saturated rings. The third kappa shape index (κ3) is 6.22. The normalized spacial score (nSPS) is 17.3. The molecule has 1 aromatic carbocycles. The molecule has 34 heavy (non-hydrogen) atoms. The Hall–Kier alpha value is -2.76. The van der Waals surface area contributed by atoms with Crippen LogP contribution in [-0.4, -0.2) is 22.8 Å². The first-order valence-corrected chi connectivity index (χ1v) is 12.1. The highest BCUT2D eigenvalue weighted by Crippen LogP contribution is 2.33. The minimum Gasteiger partial charge on any atom is -0.461 e. The second-order valence-electron chi connectivity index (χ2n) is 9.30. The molecule has 180 valence electrons. The molecule has 0 spiro atoms. The molecular formula is C28H33ClN2O3. The van der Waals surface area contributed by atoms with Crippen molar-refractivity contribution < 1.29 is 14.3 Å². The maximum Gasteiger partial charge on any atom is 0.340 e. The molecule has 2 unspecified atom stereocenters. The van der Waals surface area contributed by atoms with Gasteiger partial charge in [0.1, 0.15) is 0 Å². The molecule has 1 aromatic heterocycles. The van der Waals surface area contributed by atoms with Crippen molar-refractivity contribution in [2.24, 2.45) is 23.5 Å². The molecule has 0 bridgehead atoms. The van der Waals surface area contributed by atoms with Gasteiger partial charge in [0, 0.05) is 30.1 Å². The van der Waals surface area contributed by atoms with Crippen LogP contribution in [0, 0.1) is 31.6 Å². The first-order chi connectivity index (χ1) is 16.2. The van der Waals surface area contributed by atoms with Crippen LogP contribution in [-0.2, 0) is 22.5 Å². The average Bonchev–Trinajstić information content (AvgIpc) is 2.77. The summed E-state index contributed by atoms with van der Waals surface area (Å²) in [6, 6.07) is 8.07. The standard InChI is InChI=1S/C28H33ClN2O3/c1-17(2)13-24-23(15-30)27(20-11-9-18(3)10-12-20)26(19(4)31-24)28(33)34-16-22-8-6-5-7-21(22)14-25(29)32/h5-12,17,21-22H,13-16,30H2,1-4H3. The highest BCUT2D eigenvalue weighted by atomic mass is 35.5. The zero-order chi connectivity index (χ0) is 24.8. The lowest BCUT2D eigenvalue weighted by Crippen LogP contribution is -2.23. The summed E-state index contributed by atoms with van der Waals surface area (Å²) in [6.07, 6.45) is 8.62. The summed E-state index contributed by atoms with van der Waals surface area (Å²) in [6.45, 7) is 8.57. The number of ether oxygens (including phenoxy) is 1. The first-order valence-electron chi connectivity index (χ1n) is 11.7. The summed E-state index contributed by atoms with van der Waals surface area (Å²) < 4.78 is 5.81. The Kier molecular flexibility index (Phi) is 8.81. The van der Waals surface area contributed by atoms with Gasteiger partial charge < -0.3 is 10.5 Å². The molecule has 0 radical (unpaired) electrons. The van der Waals surface area contributed by atoms with Gasteiger partial charge in [0.2, 0.25) is 5.24 Å². The number of halogens is 1. The van der Waals surface area contributed by atoms with Gasteiger partial charge >= 0.3 is 5.97 Å². The average molecular weight is 481 g/mol. The van der Waals surface area contributed by atoms with Crippen molar-refractivity contribution in [1.29, 1.82) is 0 Å². The maximum atomic E-state index is 13.5. The number of esters is 1. The molecule has 0 saturated heterocycles. The van der Waals surface area contributed by atoms with E-state index in [0.717, 1.165) is 34.4 Å². The van der Waals surface area contributed by atoms with Gasteiger partial charge in [-0.2, -0.15) is 0 Å². The van der Waals surface area contributed by atoms with Crippen LogP contribution in [0.25, 0.3) is 11.1 Å². The van der Waals surface area contributed by atoms with Crippen LogP contribution in [0.15, 0.2) is 48.6 Å². The molecule has 0 amide bonds. The van der Waals surface area contributed by atoms with Crippen molar-refractivity contribution in [3.8, 4) is 11.1 Å². The van der Waals surface area contributed by atoms with Gasteiger partial charge in [-0.25, -0.2) is 4.79 Å². The Labute approximate surface area is 207 Å². The predicted octanol–water partition coefficient (Wildman–Crippen LogP) is 5.69. The lowest BCUT2D eigenvalue weighted by atomic mass is 9.87. The van der Waals surface area contributed by atoms with Crippen LogP contribution >= 0.6 is 11.6 Å². The number of benzene rings is 1. The number of rotatable bonds is 9. The van der Waals surface area contributed by atoms with E-state index in [1.54, 1.807) is 0 Å². The Morgan fingerprint density at radius 2 is 1.74 bits per heavy atom. The molecule has 2 aromatic rings. The number of carbonyl (C=O) groups excluding carboxylic acids is 2. The van der Waals surface area contributed by atoms with E-state index in [2.05, 4.69) is 13.8 Å². The van der Waals surface area contributed by atoms with E-state index in [4.69, 9.17) is 27.1 Å². The number of hydrogen-bond acceptors (Lipinski definition) is 5. The molecule has 6 heteroatoms. The van der Waals surface area contributed by atoms with E-state index in [0.29, 0.717) is 17.2 Å². The van der Waals surface area contributed by atoms with E-state index in [1.807, 2.05) is 62.4 Å². The van der Waals surface area contributed by atoms with Crippen LogP contribution in [0.3, 0.4) is 0 Å². The third-order valence-electron chi connectivity index (χ3n) is 6.10. The molecule has 0 saturated carbocycles. The smallest absolute Gasteiger partial charge is 0.340 e. The van der Waals surface area contributed by atoms with Crippen molar-refractivity contribution in [2.45, 2.75) is 47.1 Å². The highest BCUT2D eigenvalue weighted by Gasteiger charge is 2.27. The lowest BCUT2D eigenvalue weighted by molar-refractivity contribution is -0.112. The quantitative estimate of drug-likeness (QED) is 0.368. The van der Waals surface area contributed by atoms with E-state index in [9.17, 15) is 9.59 Å². The zero-order valence-corrected chi connectivity index (χ0v) is 21.1. The fraction of sp³-hybridized carbons (Fsp3) is 0.393. The third-order valence-corrected chi connectivity index (χ3v) is 6.25. The van der Waals surface area contributed by atoms with Gasteiger partial charge in [0.15, 0.2) is 0 Å². The van der Waals surface area contributed by atoms with Crippen molar-refractivity contribution in [3.63, 3.8) is 0 Å². The minimum absolute atomic E-state index is 0.105. The predicted molar refractivity (Wildman–Crippen MR) is 137 cm³/mol. The number of nitrogens with zero attached hydrogens (tertiary/aromatic N) is 1. The van der Waals surface area contributed by atoms with E-state index in [-0.39, 0.29) is 31.4 Å². The van der Waals surface area contributed by atoms with Gasteiger partial charge in [-0.3, -0.25) is 9.78 Å². The molecule has 2 N–H and O–H groups in total. The zero-order valence-electron chi connectivity index (χ0n) is 20.3. The highest BCUT2D eigenvalue weighted by molar-refractivity contribution is 6.63. The topological polar surface area (TPSA) is 82.3 Å². The molecule has 1 heterocycles. The number of aromatic nitrogens is 1. The minimum atomic E-state index is -0.440. The maximum absolute atomic E-state index is 13.5. The monoisotopic (exact) mass is 480 g/mol. The molecule has 1 aliphatic rings. The largest absolute Gasteiger partial charge is 0.461 e. The van der Waals surface area contributed by atoms with Gasteiger partial charge in [-0.15, -0.1) is 0 Å². The lowest BCUT2D eigenvalue weighted by Gasteiger charge is -2.24. The van der Waals surface area contributed by atoms with Crippen LogP contribution in [0.4, 0.5) is 0 Å². The number of pyridine rings is 1. The molecular weight excluding hydrogens is 448 g/mol. The van der Waals surface area contributed by atoms with E-state index >= 15 is 0 Å². The van der Waals surface area contributed by atoms with E-state index < -0.39 is 11.2 Å². The van der Waals surface area contributed by atoms with E-state index in [1.165, 1.54) is 0 Å². The summed E-state index contributed by atoms with van der Waals surface area (Å²) in [7, 11) is 0. The van der Waals surface area contributed by atoms with Crippen LogP contribution in [0.2, 0.25) is 0 Å². The molecule has 5 nitrogen and oxygen atoms in total. The van der Waals surface area contributed by atoms with Gasteiger partial charge in [-0.05, 0) is 54.8 Å².